The molecular formula is C12H22N2O. The van der Waals surface area contributed by atoms with Crippen LogP contribution in [0.5, 0.6) is 0 Å². The van der Waals surface area contributed by atoms with Gasteiger partial charge in [-0.25, -0.2) is 0 Å². The van der Waals surface area contributed by atoms with Gasteiger partial charge in [0.25, 0.3) is 0 Å². The maximum absolute atomic E-state index is 11.6. The minimum Gasteiger partial charge on any atom is -0.306 e. The van der Waals surface area contributed by atoms with Crippen LogP contribution >= 0.6 is 0 Å². The van der Waals surface area contributed by atoms with Gasteiger partial charge in [0.05, 0.1) is 6.54 Å². The number of carbonyl (C=O) groups is 1. The molecule has 1 aliphatic carbocycles. The third-order valence-electron chi connectivity index (χ3n) is 3.70. The Bertz CT molecular complexity index is 228. The number of ketones is 1. The number of likely N-dealkylation sites (tertiary alicyclic amines) is 1. The number of carbonyl (C=O) groups excluding carboxylic acids is 1. The van der Waals surface area contributed by atoms with Crippen molar-refractivity contribution in [1.29, 1.82) is 0 Å². The normalized spacial score (nSPS) is 24.7. The van der Waals surface area contributed by atoms with Crippen molar-refractivity contribution in [3.05, 3.63) is 0 Å². The lowest BCUT2D eigenvalue weighted by Crippen LogP contribution is -2.43. The molecule has 0 unspecified atom stereocenters. The maximum atomic E-state index is 11.6. The summed E-state index contributed by atoms with van der Waals surface area (Å²) in [7, 11) is 4.30. The second-order valence-electron chi connectivity index (χ2n) is 5.21. The number of hydrogen-bond acceptors (Lipinski definition) is 3. The first-order valence-electron chi connectivity index (χ1n) is 6.08. The summed E-state index contributed by atoms with van der Waals surface area (Å²) in [4.78, 5) is 16.3. The van der Waals surface area contributed by atoms with E-state index in [1.54, 1.807) is 0 Å². The van der Waals surface area contributed by atoms with Crippen molar-refractivity contribution in [3.63, 3.8) is 0 Å². The monoisotopic (exact) mass is 210 g/mol. The Morgan fingerprint density at radius 3 is 2.27 bits per heavy atom. The molecule has 1 aliphatic heterocycles. The van der Waals surface area contributed by atoms with E-state index in [9.17, 15) is 4.79 Å². The highest BCUT2D eigenvalue weighted by Crippen LogP contribution is 2.30. The molecule has 0 N–H and O–H groups in total. The molecule has 0 spiro atoms. The largest absolute Gasteiger partial charge is 0.306 e. The summed E-state index contributed by atoms with van der Waals surface area (Å²) in [5.74, 6) is 0.912. The van der Waals surface area contributed by atoms with Gasteiger partial charge in [-0.05, 0) is 39.8 Å². The topological polar surface area (TPSA) is 23.6 Å². The van der Waals surface area contributed by atoms with Crippen molar-refractivity contribution in [2.24, 2.45) is 5.92 Å². The fourth-order valence-electron chi connectivity index (χ4n) is 2.35. The molecule has 0 bridgehead atoms. The lowest BCUT2D eigenvalue weighted by molar-refractivity contribution is -0.121. The van der Waals surface area contributed by atoms with Crippen molar-refractivity contribution >= 4 is 5.78 Å². The van der Waals surface area contributed by atoms with E-state index in [0.717, 1.165) is 32.0 Å². The highest BCUT2D eigenvalue weighted by Gasteiger charge is 2.31. The van der Waals surface area contributed by atoms with E-state index in [-0.39, 0.29) is 0 Å². The molecule has 0 aromatic rings. The Hall–Kier alpha value is -0.410. The van der Waals surface area contributed by atoms with Crippen molar-refractivity contribution in [3.8, 4) is 0 Å². The molecule has 0 atom stereocenters. The minimum atomic E-state index is 0.427. The van der Waals surface area contributed by atoms with E-state index in [4.69, 9.17) is 0 Å². The highest BCUT2D eigenvalue weighted by atomic mass is 16.1. The van der Waals surface area contributed by atoms with Crippen molar-refractivity contribution < 1.29 is 4.79 Å². The maximum Gasteiger partial charge on any atom is 0.149 e. The summed E-state index contributed by atoms with van der Waals surface area (Å²) in [5, 5.41) is 0. The van der Waals surface area contributed by atoms with Crippen molar-refractivity contribution in [2.75, 3.05) is 33.7 Å². The van der Waals surface area contributed by atoms with E-state index in [0.29, 0.717) is 18.2 Å². The van der Waals surface area contributed by atoms with Crippen LogP contribution in [0.25, 0.3) is 0 Å². The van der Waals surface area contributed by atoms with Gasteiger partial charge in [-0.15, -0.1) is 0 Å². The van der Waals surface area contributed by atoms with E-state index in [1.807, 2.05) is 0 Å². The van der Waals surface area contributed by atoms with Gasteiger partial charge in [-0.3, -0.25) is 9.69 Å². The smallest absolute Gasteiger partial charge is 0.149 e. The number of Topliss-reactive ketones (excluding diaryl/α,β-unsaturated/α-hetero) is 1. The third-order valence-corrected chi connectivity index (χ3v) is 3.70. The zero-order valence-corrected chi connectivity index (χ0v) is 9.91. The van der Waals surface area contributed by atoms with Crippen LogP contribution in [0, 0.1) is 5.92 Å². The van der Waals surface area contributed by atoms with Crippen LogP contribution in [0.4, 0.5) is 0 Å². The summed E-state index contributed by atoms with van der Waals surface area (Å²) in [6.45, 7) is 2.91. The highest BCUT2D eigenvalue weighted by molar-refractivity contribution is 5.84. The Labute approximate surface area is 92.4 Å². The summed E-state index contributed by atoms with van der Waals surface area (Å²) < 4.78 is 0. The lowest BCUT2D eigenvalue weighted by Gasteiger charge is -2.34. The first-order chi connectivity index (χ1) is 7.16. The molecule has 0 aromatic carbocycles. The molecule has 1 saturated heterocycles. The first-order valence-corrected chi connectivity index (χ1v) is 6.08. The van der Waals surface area contributed by atoms with Gasteiger partial charge in [-0.2, -0.15) is 0 Å². The van der Waals surface area contributed by atoms with Crippen LogP contribution in [-0.4, -0.2) is 55.4 Å². The Kier molecular flexibility index (Phi) is 3.42. The van der Waals surface area contributed by atoms with Gasteiger partial charge in [-0.1, -0.05) is 0 Å². The molecule has 15 heavy (non-hydrogen) atoms. The quantitative estimate of drug-likeness (QED) is 0.691. The summed E-state index contributed by atoms with van der Waals surface area (Å²) >= 11 is 0. The van der Waals surface area contributed by atoms with Gasteiger partial charge in [0, 0.05) is 25.0 Å². The predicted molar refractivity (Wildman–Crippen MR) is 60.9 cm³/mol. The number of hydrogen-bond donors (Lipinski definition) is 0. The Balaban J connectivity index is 1.70. The third kappa shape index (κ3) is 3.02. The molecule has 1 saturated carbocycles. The molecule has 2 fully saturated rings. The number of nitrogens with zero attached hydrogens (tertiary/aromatic N) is 2. The predicted octanol–water partition coefficient (Wildman–Crippen LogP) is 0.991. The second kappa shape index (κ2) is 4.62. The Morgan fingerprint density at radius 2 is 1.80 bits per heavy atom. The first kappa shape index (κ1) is 11.1. The summed E-state index contributed by atoms with van der Waals surface area (Å²) in [6, 6.07) is 0.720. The molecule has 2 rings (SSSR count). The van der Waals surface area contributed by atoms with E-state index < -0.39 is 0 Å². The van der Waals surface area contributed by atoms with E-state index >= 15 is 0 Å². The average Bonchev–Trinajstić information content (AvgIpc) is 3.01. The van der Waals surface area contributed by atoms with Crippen LogP contribution in [0.1, 0.15) is 25.7 Å². The molecule has 0 radical (unpaired) electrons. The van der Waals surface area contributed by atoms with E-state index in [1.165, 1.54) is 12.8 Å². The fraction of sp³-hybridized carbons (Fsp3) is 0.917. The molecule has 0 aromatic heterocycles. The van der Waals surface area contributed by atoms with Crippen LogP contribution < -0.4 is 0 Å². The van der Waals surface area contributed by atoms with Gasteiger partial charge in [0.15, 0.2) is 0 Å². The summed E-state index contributed by atoms with van der Waals surface area (Å²) in [5.41, 5.74) is 0. The van der Waals surface area contributed by atoms with E-state index in [2.05, 4.69) is 23.9 Å². The van der Waals surface area contributed by atoms with Gasteiger partial charge >= 0.3 is 0 Å². The van der Waals surface area contributed by atoms with Crippen LogP contribution in [0.2, 0.25) is 0 Å². The number of rotatable bonds is 4. The SMILES string of the molecule is CN(C)C1CCN(CC(=O)C2CC2)CC1. The summed E-state index contributed by atoms with van der Waals surface area (Å²) in [6.07, 6.45) is 4.72. The second-order valence-corrected chi connectivity index (χ2v) is 5.21. The molecule has 0 amide bonds. The zero-order chi connectivity index (χ0) is 10.8. The molecule has 3 nitrogen and oxygen atoms in total. The van der Waals surface area contributed by atoms with Gasteiger partial charge < -0.3 is 4.90 Å². The van der Waals surface area contributed by atoms with Crippen molar-refractivity contribution in [2.45, 2.75) is 31.7 Å². The van der Waals surface area contributed by atoms with Gasteiger partial charge in [0.1, 0.15) is 5.78 Å². The molecular weight excluding hydrogens is 188 g/mol. The van der Waals surface area contributed by atoms with Crippen LogP contribution in [0.15, 0.2) is 0 Å². The van der Waals surface area contributed by atoms with Gasteiger partial charge in [0.2, 0.25) is 0 Å². The molecule has 86 valence electrons. The van der Waals surface area contributed by atoms with Crippen LogP contribution in [0.3, 0.4) is 0 Å². The molecule has 1 heterocycles. The van der Waals surface area contributed by atoms with Crippen LogP contribution in [-0.2, 0) is 4.79 Å². The Morgan fingerprint density at radius 1 is 1.20 bits per heavy atom. The average molecular weight is 210 g/mol. The minimum absolute atomic E-state index is 0.427. The molecule has 2 aliphatic rings. The number of piperidine rings is 1. The van der Waals surface area contributed by atoms with Crippen molar-refractivity contribution in [1.82, 2.24) is 9.80 Å². The molecule has 3 heteroatoms. The zero-order valence-electron chi connectivity index (χ0n) is 9.91. The lowest BCUT2D eigenvalue weighted by atomic mass is 10.0. The standard InChI is InChI=1S/C12H22N2O/c1-13(2)11-5-7-14(8-6-11)9-12(15)10-3-4-10/h10-11H,3-9H2,1-2H3. The fourth-order valence-corrected chi connectivity index (χ4v) is 2.35.